The highest BCUT2D eigenvalue weighted by Crippen LogP contribution is 2.31. The van der Waals surface area contributed by atoms with Crippen molar-refractivity contribution in [3.63, 3.8) is 0 Å². The van der Waals surface area contributed by atoms with Crippen LogP contribution in [0.15, 0.2) is 18.2 Å². The van der Waals surface area contributed by atoms with Crippen LogP contribution in [0.2, 0.25) is 0 Å². The van der Waals surface area contributed by atoms with Crippen molar-refractivity contribution in [2.24, 2.45) is 5.92 Å². The number of benzene rings is 1. The Balaban J connectivity index is 2.26. The third-order valence-electron chi connectivity index (χ3n) is 4.14. The first-order valence-corrected chi connectivity index (χ1v) is 7.27. The molecule has 1 aromatic rings. The summed E-state index contributed by atoms with van der Waals surface area (Å²) < 4.78 is 0. The standard InChI is InChI=1S/C15H20N2O4/c1-10-5-3-2-4-6-12(10)16-13-8-7-11(15(18)19)9-14(13)17(20)21/h7-10,12,16H,2-6H2,1H3,(H,18,19). The van der Waals surface area contributed by atoms with Gasteiger partial charge in [0.1, 0.15) is 5.69 Å². The molecule has 1 aliphatic carbocycles. The lowest BCUT2D eigenvalue weighted by atomic mass is 9.96. The molecule has 0 aliphatic heterocycles. The van der Waals surface area contributed by atoms with Crippen LogP contribution in [0, 0.1) is 16.0 Å². The Kier molecular flexibility index (Phi) is 4.77. The maximum absolute atomic E-state index is 11.2. The normalized spacial score (nSPS) is 22.3. The molecular weight excluding hydrogens is 272 g/mol. The number of carbonyl (C=O) groups is 1. The zero-order chi connectivity index (χ0) is 15.4. The van der Waals surface area contributed by atoms with Gasteiger partial charge in [0.2, 0.25) is 0 Å². The van der Waals surface area contributed by atoms with Crippen LogP contribution in [-0.2, 0) is 0 Å². The lowest BCUT2D eigenvalue weighted by Gasteiger charge is -2.23. The van der Waals surface area contributed by atoms with E-state index < -0.39 is 10.9 Å². The van der Waals surface area contributed by atoms with Gasteiger partial charge in [-0.05, 0) is 30.9 Å². The van der Waals surface area contributed by atoms with Gasteiger partial charge in [0.25, 0.3) is 5.69 Å². The summed E-state index contributed by atoms with van der Waals surface area (Å²) in [7, 11) is 0. The zero-order valence-electron chi connectivity index (χ0n) is 12.0. The molecule has 2 unspecified atom stereocenters. The summed E-state index contributed by atoms with van der Waals surface area (Å²) in [5.41, 5.74) is 0.163. The minimum absolute atomic E-state index is 0.0684. The van der Waals surface area contributed by atoms with E-state index in [-0.39, 0.29) is 17.3 Å². The Hall–Kier alpha value is -2.11. The Bertz CT molecular complexity index is 544. The molecule has 1 saturated carbocycles. The highest BCUT2D eigenvalue weighted by molar-refractivity contribution is 5.89. The van der Waals surface area contributed by atoms with Crippen molar-refractivity contribution in [1.82, 2.24) is 0 Å². The maximum Gasteiger partial charge on any atom is 0.335 e. The third kappa shape index (κ3) is 3.71. The summed E-state index contributed by atoms with van der Waals surface area (Å²) in [5.74, 6) is -0.710. The van der Waals surface area contributed by atoms with Gasteiger partial charge in [0.15, 0.2) is 0 Å². The quantitative estimate of drug-likeness (QED) is 0.501. The molecule has 6 heteroatoms. The van der Waals surface area contributed by atoms with Crippen LogP contribution in [0.5, 0.6) is 0 Å². The number of anilines is 1. The van der Waals surface area contributed by atoms with Gasteiger partial charge in [-0.3, -0.25) is 10.1 Å². The van der Waals surface area contributed by atoms with Crippen molar-refractivity contribution in [1.29, 1.82) is 0 Å². The van der Waals surface area contributed by atoms with Gasteiger partial charge in [0.05, 0.1) is 10.5 Å². The van der Waals surface area contributed by atoms with Crippen LogP contribution >= 0.6 is 0 Å². The number of nitro groups is 1. The third-order valence-corrected chi connectivity index (χ3v) is 4.14. The topological polar surface area (TPSA) is 92.5 Å². The van der Waals surface area contributed by atoms with E-state index in [0.29, 0.717) is 11.6 Å². The number of hydrogen-bond donors (Lipinski definition) is 2. The molecule has 0 bridgehead atoms. The van der Waals surface area contributed by atoms with E-state index in [2.05, 4.69) is 12.2 Å². The minimum Gasteiger partial charge on any atom is -0.478 e. The Morgan fingerprint density at radius 3 is 2.71 bits per heavy atom. The van der Waals surface area contributed by atoms with Gasteiger partial charge < -0.3 is 10.4 Å². The number of nitrogens with zero attached hydrogens (tertiary/aromatic N) is 1. The predicted molar refractivity (Wildman–Crippen MR) is 79.7 cm³/mol. The van der Waals surface area contributed by atoms with Crippen molar-refractivity contribution >= 4 is 17.3 Å². The lowest BCUT2D eigenvalue weighted by molar-refractivity contribution is -0.384. The summed E-state index contributed by atoms with van der Waals surface area (Å²) in [6.07, 6.45) is 5.60. The summed E-state index contributed by atoms with van der Waals surface area (Å²) in [6, 6.07) is 4.21. The molecule has 2 N–H and O–H groups in total. The zero-order valence-corrected chi connectivity index (χ0v) is 12.0. The predicted octanol–water partition coefficient (Wildman–Crippen LogP) is 3.67. The van der Waals surface area contributed by atoms with Crippen molar-refractivity contribution in [3.05, 3.63) is 33.9 Å². The number of aromatic carboxylic acids is 1. The fourth-order valence-corrected chi connectivity index (χ4v) is 2.84. The highest BCUT2D eigenvalue weighted by atomic mass is 16.6. The average molecular weight is 292 g/mol. The first-order valence-electron chi connectivity index (χ1n) is 7.27. The van der Waals surface area contributed by atoms with Gasteiger partial charge in [-0.1, -0.05) is 26.2 Å². The smallest absolute Gasteiger partial charge is 0.335 e. The second kappa shape index (κ2) is 6.56. The second-order valence-corrected chi connectivity index (χ2v) is 5.66. The molecule has 1 fully saturated rings. The number of carboxylic acid groups (broad SMARTS) is 1. The molecule has 6 nitrogen and oxygen atoms in total. The average Bonchev–Trinajstić information content (AvgIpc) is 2.64. The van der Waals surface area contributed by atoms with Crippen LogP contribution in [0.25, 0.3) is 0 Å². The second-order valence-electron chi connectivity index (χ2n) is 5.66. The Morgan fingerprint density at radius 1 is 1.33 bits per heavy atom. The van der Waals surface area contributed by atoms with Crippen LogP contribution in [0.3, 0.4) is 0 Å². The highest BCUT2D eigenvalue weighted by Gasteiger charge is 2.24. The SMILES string of the molecule is CC1CCCCCC1Nc1ccc(C(=O)O)cc1[N+](=O)[O-]. The van der Waals surface area contributed by atoms with E-state index in [1.165, 1.54) is 25.0 Å². The molecule has 21 heavy (non-hydrogen) atoms. The molecule has 0 saturated heterocycles. The number of rotatable bonds is 4. The number of nitro benzene ring substituents is 1. The summed E-state index contributed by atoms with van der Waals surface area (Å²) in [4.78, 5) is 21.6. The van der Waals surface area contributed by atoms with E-state index in [1.54, 1.807) is 0 Å². The molecule has 0 radical (unpaired) electrons. The van der Waals surface area contributed by atoms with Crippen LogP contribution in [-0.4, -0.2) is 22.0 Å². The minimum atomic E-state index is -1.16. The first kappa shape index (κ1) is 15.3. The molecule has 1 aromatic carbocycles. The molecule has 0 heterocycles. The molecule has 0 amide bonds. The molecule has 1 aliphatic rings. The molecule has 2 atom stereocenters. The van der Waals surface area contributed by atoms with Crippen LogP contribution < -0.4 is 5.32 Å². The largest absolute Gasteiger partial charge is 0.478 e. The van der Waals surface area contributed by atoms with Crippen molar-refractivity contribution in [2.75, 3.05) is 5.32 Å². The van der Waals surface area contributed by atoms with Gasteiger partial charge in [-0.2, -0.15) is 0 Å². The fourth-order valence-electron chi connectivity index (χ4n) is 2.84. The van der Waals surface area contributed by atoms with E-state index >= 15 is 0 Å². The Morgan fingerprint density at radius 2 is 2.05 bits per heavy atom. The Labute approximate surface area is 123 Å². The number of nitrogens with one attached hydrogen (secondary N) is 1. The molecular formula is C15H20N2O4. The fraction of sp³-hybridized carbons (Fsp3) is 0.533. The van der Waals surface area contributed by atoms with Gasteiger partial charge in [0, 0.05) is 12.1 Å². The van der Waals surface area contributed by atoms with Crippen molar-refractivity contribution in [2.45, 2.75) is 45.1 Å². The van der Waals surface area contributed by atoms with Gasteiger partial charge in [-0.25, -0.2) is 4.79 Å². The molecule has 0 spiro atoms. The van der Waals surface area contributed by atoms with E-state index in [1.807, 2.05) is 0 Å². The monoisotopic (exact) mass is 292 g/mol. The van der Waals surface area contributed by atoms with E-state index in [0.717, 1.165) is 25.3 Å². The van der Waals surface area contributed by atoms with Crippen LogP contribution in [0.1, 0.15) is 49.4 Å². The molecule has 114 valence electrons. The lowest BCUT2D eigenvalue weighted by Crippen LogP contribution is -2.26. The molecule has 0 aromatic heterocycles. The first-order chi connectivity index (χ1) is 9.99. The summed E-state index contributed by atoms with van der Waals surface area (Å²) in [5, 5.41) is 23.4. The maximum atomic E-state index is 11.2. The van der Waals surface area contributed by atoms with Gasteiger partial charge in [-0.15, -0.1) is 0 Å². The van der Waals surface area contributed by atoms with E-state index in [9.17, 15) is 14.9 Å². The van der Waals surface area contributed by atoms with E-state index in [4.69, 9.17) is 5.11 Å². The van der Waals surface area contributed by atoms with Gasteiger partial charge >= 0.3 is 5.97 Å². The number of hydrogen-bond acceptors (Lipinski definition) is 4. The summed E-state index contributed by atoms with van der Waals surface area (Å²) >= 11 is 0. The summed E-state index contributed by atoms with van der Waals surface area (Å²) in [6.45, 7) is 2.15. The van der Waals surface area contributed by atoms with Crippen molar-refractivity contribution < 1.29 is 14.8 Å². The number of carboxylic acids is 1. The molecule has 2 rings (SSSR count). The van der Waals surface area contributed by atoms with Crippen LogP contribution in [0.4, 0.5) is 11.4 Å². The van der Waals surface area contributed by atoms with Crippen molar-refractivity contribution in [3.8, 4) is 0 Å².